The molecule has 1 aromatic carbocycles. The summed E-state index contributed by atoms with van der Waals surface area (Å²) in [6.07, 6.45) is -0.763. The maximum atomic E-state index is 13.4. The Labute approximate surface area is 93.6 Å². The molecule has 0 fully saturated rings. The van der Waals surface area contributed by atoms with Gasteiger partial charge >= 0.3 is 0 Å². The standard InChI is InChI=1S/C11H15FN2O2/c1-7-3-4-9(8(12)5-7)14-11(15)10(6-13)16-2/h3-5,10H,6,13H2,1-2H3,(H,14,15). The van der Waals surface area contributed by atoms with Crippen molar-refractivity contribution in [3.8, 4) is 0 Å². The highest BCUT2D eigenvalue weighted by molar-refractivity contribution is 5.94. The van der Waals surface area contributed by atoms with E-state index in [2.05, 4.69) is 5.32 Å². The molecule has 1 amide bonds. The molecule has 4 nitrogen and oxygen atoms in total. The molecule has 0 radical (unpaired) electrons. The van der Waals surface area contributed by atoms with Crippen LogP contribution in [0.5, 0.6) is 0 Å². The number of ether oxygens (including phenoxy) is 1. The Morgan fingerprint density at radius 2 is 2.31 bits per heavy atom. The molecule has 0 saturated heterocycles. The summed E-state index contributed by atoms with van der Waals surface area (Å²) < 4.78 is 18.2. The fourth-order valence-electron chi connectivity index (χ4n) is 1.25. The third-order valence-corrected chi connectivity index (χ3v) is 2.17. The Balaban J connectivity index is 2.76. The zero-order valence-corrected chi connectivity index (χ0v) is 9.29. The average Bonchev–Trinajstić information content (AvgIpc) is 2.24. The molecule has 0 heterocycles. The van der Waals surface area contributed by atoms with Crippen molar-refractivity contribution in [2.45, 2.75) is 13.0 Å². The molecular formula is C11H15FN2O2. The van der Waals surface area contributed by atoms with Gasteiger partial charge in [-0.3, -0.25) is 4.79 Å². The minimum Gasteiger partial charge on any atom is -0.370 e. The lowest BCUT2D eigenvalue weighted by molar-refractivity contribution is -0.125. The summed E-state index contributed by atoms with van der Waals surface area (Å²) >= 11 is 0. The summed E-state index contributed by atoms with van der Waals surface area (Å²) in [6, 6.07) is 4.56. The number of aryl methyl sites for hydroxylation is 1. The zero-order valence-electron chi connectivity index (χ0n) is 9.29. The minimum atomic E-state index is -0.763. The van der Waals surface area contributed by atoms with Gasteiger partial charge in [-0.1, -0.05) is 6.07 Å². The zero-order chi connectivity index (χ0) is 12.1. The lowest BCUT2D eigenvalue weighted by Gasteiger charge is -2.13. The Bertz CT molecular complexity index is 378. The number of benzene rings is 1. The number of carbonyl (C=O) groups is 1. The van der Waals surface area contributed by atoms with Crippen LogP contribution in [-0.4, -0.2) is 25.7 Å². The SMILES string of the molecule is COC(CN)C(=O)Nc1ccc(C)cc1F. The van der Waals surface area contributed by atoms with Gasteiger partial charge in [0, 0.05) is 13.7 Å². The fourth-order valence-corrected chi connectivity index (χ4v) is 1.25. The van der Waals surface area contributed by atoms with Crippen LogP contribution < -0.4 is 11.1 Å². The van der Waals surface area contributed by atoms with Crippen molar-refractivity contribution in [1.29, 1.82) is 0 Å². The van der Waals surface area contributed by atoms with Gasteiger partial charge in [-0.15, -0.1) is 0 Å². The second-order valence-corrected chi connectivity index (χ2v) is 3.43. The van der Waals surface area contributed by atoms with Gasteiger partial charge in [0.05, 0.1) is 5.69 Å². The molecule has 0 bridgehead atoms. The molecule has 88 valence electrons. The Kier molecular flexibility index (Phi) is 4.39. The molecule has 1 aromatic rings. The van der Waals surface area contributed by atoms with Crippen LogP contribution in [0.2, 0.25) is 0 Å². The van der Waals surface area contributed by atoms with Crippen LogP contribution in [0.25, 0.3) is 0 Å². The minimum absolute atomic E-state index is 0.0514. The Hall–Kier alpha value is -1.46. The van der Waals surface area contributed by atoms with Gasteiger partial charge in [-0.2, -0.15) is 0 Å². The van der Waals surface area contributed by atoms with Crippen LogP contribution in [0.4, 0.5) is 10.1 Å². The van der Waals surface area contributed by atoms with Crippen molar-refractivity contribution in [3.63, 3.8) is 0 Å². The Morgan fingerprint density at radius 3 is 2.81 bits per heavy atom. The van der Waals surface area contributed by atoms with Crippen LogP contribution in [0, 0.1) is 12.7 Å². The Morgan fingerprint density at radius 1 is 1.62 bits per heavy atom. The maximum absolute atomic E-state index is 13.4. The van der Waals surface area contributed by atoms with E-state index in [1.165, 1.54) is 19.2 Å². The first kappa shape index (κ1) is 12.6. The number of anilines is 1. The van der Waals surface area contributed by atoms with E-state index in [1.807, 2.05) is 0 Å². The van der Waals surface area contributed by atoms with Crippen LogP contribution in [0.15, 0.2) is 18.2 Å². The second kappa shape index (κ2) is 5.58. The van der Waals surface area contributed by atoms with Crippen LogP contribution in [0.3, 0.4) is 0 Å². The molecular weight excluding hydrogens is 211 g/mol. The highest BCUT2D eigenvalue weighted by atomic mass is 19.1. The lowest BCUT2D eigenvalue weighted by atomic mass is 10.2. The molecule has 0 aromatic heterocycles. The molecule has 0 aliphatic rings. The van der Waals surface area contributed by atoms with Crippen molar-refractivity contribution in [3.05, 3.63) is 29.6 Å². The van der Waals surface area contributed by atoms with Gasteiger partial charge in [-0.05, 0) is 24.6 Å². The number of carbonyl (C=O) groups excluding carboxylic acids is 1. The predicted octanol–water partition coefficient (Wildman–Crippen LogP) is 1.05. The molecule has 0 spiro atoms. The van der Waals surface area contributed by atoms with Gasteiger partial charge < -0.3 is 15.8 Å². The number of nitrogens with one attached hydrogen (secondary N) is 1. The topological polar surface area (TPSA) is 64.3 Å². The first-order valence-electron chi connectivity index (χ1n) is 4.88. The highest BCUT2D eigenvalue weighted by Crippen LogP contribution is 2.15. The van der Waals surface area contributed by atoms with Crippen molar-refractivity contribution < 1.29 is 13.9 Å². The lowest BCUT2D eigenvalue weighted by Crippen LogP contribution is -2.36. The molecule has 1 atom stereocenters. The number of methoxy groups -OCH3 is 1. The average molecular weight is 226 g/mol. The molecule has 16 heavy (non-hydrogen) atoms. The van der Waals surface area contributed by atoms with E-state index in [-0.39, 0.29) is 12.2 Å². The number of hydrogen-bond acceptors (Lipinski definition) is 3. The van der Waals surface area contributed by atoms with Crippen LogP contribution in [0.1, 0.15) is 5.56 Å². The monoisotopic (exact) mass is 226 g/mol. The van der Waals surface area contributed by atoms with Crippen LogP contribution in [-0.2, 0) is 9.53 Å². The van der Waals surface area contributed by atoms with E-state index in [9.17, 15) is 9.18 Å². The maximum Gasteiger partial charge on any atom is 0.254 e. The molecule has 1 rings (SSSR count). The third-order valence-electron chi connectivity index (χ3n) is 2.17. The number of halogens is 1. The number of rotatable bonds is 4. The summed E-state index contributed by atoms with van der Waals surface area (Å²) in [5.41, 5.74) is 6.24. The van der Waals surface area contributed by atoms with Gasteiger partial charge in [0.2, 0.25) is 0 Å². The molecule has 3 N–H and O–H groups in total. The summed E-state index contributed by atoms with van der Waals surface area (Å²) in [6.45, 7) is 1.82. The first-order chi connectivity index (χ1) is 7.58. The van der Waals surface area contributed by atoms with E-state index in [4.69, 9.17) is 10.5 Å². The molecule has 0 aliphatic carbocycles. The number of hydrogen-bond donors (Lipinski definition) is 2. The molecule has 0 saturated carbocycles. The van der Waals surface area contributed by atoms with Gasteiger partial charge in [0.25, 0.3) is 5.91 Å². The number of nitrogens with two attached hydrogens (primary N) is 1. The third kappa shape index (κ3) is 3.01. The van der Waals surface area contributed by atoms with Gasteiger partial charge in [0.15, 0.2) is 0 Å². The summed E-state index contributed by atoms with van der Waals surface area (Å²) in [5.74, 6) is -0.923. The van der Waals surface area contributed by atoms with E-state index in [0.29, 0.717) is 0 Å². The van der Waals surface area contributed by atoms with E-state index in [1.54, 1.807) is 13.0 Å². The summed E-state index contributed by atoms with van der Waals surface area (Å²) in [5, 5.41) is 2.42. The van der Waals surface area contributed by atoms with E-state index >= 15 is 0 Å². The van der Waals surface area contributed by atoms with Crippen molar-refractivity contribution in [1.82, 2.24) is 0 Å². The van der Waals surface area contributed by atoms with E-state index < -0.39 is 17.8 Å². The first-order valence-corrected chi connectivity index (χ1v) is 4.88. The molecule has 5 heteroatoms. The number of amides is 1. The predicted molar refractivity (Wildman–Crippen MR) is 59.6 cm³/mol. The quantitative estimate of drug-likeness (QED) is 0.806. The normalized spacial score (nSPS) is 12.2. The fraction of sp³-hybridized carbons (Fsp3) is 0.364. The largest absolute Gasteiger partial charge is 0.370 e. The van der Waals surface area contributed by atoms with Crippen molar-refractivity contribution in [2.75, 3.05) is 19.0 Å². The second-order valence-electron chi connectivity index (χ2n) is 3.43. The van der Waals surface area contributed by atoms with E-state index in [0.717, 1.165) is 5.56 Å². The van der Waals surface area contributed by atoms with Crippen molar-refractivity contribution in [2.24, 2.45) is 5.73 Å². The highest BCUT2D eigenvalue weighted by Gasteiger charge is 2.16. The van der Waals surface area contributed by atoms with Crippen LogP contribution >= 0.6 is 0 Å². The summed E-state index contributed by atoms with van der Waals surface area (Å²) in [7, 11) is 1.38. The molecule has 1 unspecified atom stereocenters. The molecule has 0 aliphatic heterocycles. The smallest absolute Gasteiger partial charge is 0.254 e. The van der Waals surface area contributed by atoms with Gasteiger partial charge in [-0.25, -0.2) is 4.39 Å². The van der Waals surface area contributed by atoms with Gasteiger partial charge in [0.1, 0.15) is 11.9 Å². The summed E-state index contributed by atoms with van der Waals surface area (Å²) in [4.78, 5) is 11.5. The van der Waals surface area contributed by atoms with Crippen molar-refractivity contribution >= 4 is 11.6 Å².